The predicted molar refractivity (Wildman–Crippen MR) is 48.5 cm³/mol. The van der Waals surface area contributed by atoms with Crippen molar-refractivity contribution in [3.8, 4) is 11.8 Å². The molecule has 0 spiro atoms. The summed E-state index contributed by atoms with van der Waals surface area (Å²) < 4.78 is 4.99. The van der Waals surface area contributed by atoms with E-state index in [2.05, 4.69) is 25.7 Å². The summed E-state index contributed by atoms with van der Waals surface area (Å²) in [5, 5.41) is 0. The van der Waals surface area contributed by atoms with Crippen LogP contribution in [0, 0.1) is 17.8 Å². The Kier molecular flexibility index (Phi) is 5.19. The summed E-state index contributed by atoms with van der Waals surface area (Å²) in [6.07, 6.45) is 0.577. The molecule has 0 aliphatic rings. The third-order valence-electron chi connectivity index (χ3n) is 1.30. The van der Waals surface area contributed by atoms with E-state index in [4.69, 9.17) is 4.74 Å². The molecule has 1 atom stereocenters. The lowest BCUT2D eigenvalue weighted by Crippen LogP contribution is -2.16. The molecule has 0 radical (unpaired) electrons. The van der Waals surface area contributed by atoms with Gasteiger partial charge in [0, 0.05) is 6.92 Å². The van der Waals surface area contributed by atoms with Gasteiger partial charge in [-0.1, -0.05) is 19.8 Å². The molecule has 0 N–H and O–H groups in total. The van der Waals surface area contributed by atoms with E-state index in [0.717, 1.165) is 6.42 Å². The first-order valence-electron chi connectivity index (χ1n) is 4.15. The average Bonchev–Trinajstić information content (AvgIpc) is 1.84. The smallest absolute Gasteiger partial charge is 0.303 e. The van der Waals surface area contributed by atoms with Crippen LogP contribution in [0.2, 0.25) is 0 Å². The molecule has 0 unspecified atom stereocenters. The Morgan fingerprint density at radius 1 is 1.50 bits per heavy atom. The number of hydrogen-bond donors (Lipinski definition) is 0. The SMILES string of the molecule is CC#C[C@@H](CC(C)C)OC(C)=O. The Bertz CT molecular complexity index is 196. The summed E-state index contributed by atoms with van der Waals surface area (Å²) in [7, 11) is 0. The van der Waals surface area contributed by atoms with Crippen molar-refractivity contribution >= 4 is 5.97 Å². The van der Waals surface area contributed by atoms with Crippen LogP contribution in [0.4, 0.5) is 0 Å². The lowest BCUT2D eigenvalue weighted by atomic mass is 10.1. The second-order valence-electron chi connectivity index (χ2n) is 3.12. The molecule has 0 bridgehead atoms. The quantitative estimate of drug-likeness (QED) is 0.476. The van der Waals surface area contributed by atoms with Crippen LogP contribution in [-0.4, -0.2) is 12.1 Å². The van der Waals surface area contributed by atoms with Gasteiger partial charge in [0.2, 0.25) is 0 Å². The zero-order chi connectivity index (χ0) is 9.56. The zero-order valence-electron chi connectivity index (χ0n) is 8.18. The van der Waals surface area contributed by atoms with Crippen LogP contribution in [0.1, 0.15) is 34.1 Å². The van der Waals surface area contributed by atoms with Gasteiger partial charge >= 0.3 is 5.97 Å². The fraction of sp³-hybridized carbons (Fsp3) is 0.700. The van der Waals surface area contributed by atoms with E-state index in [9.17, 15) is 4.79 Å². The molecule has 0 aromatic rings. The second kappa shape index (κ2) is 5.65. The Balaban J connectivity index is 4.01. The topological polar surface area (TPSA) is 26.3 Å². The van der Waals surface area contributed by atoms with Gasteiger partial charge in [-0.05, 0) is 19.3 Å². The molecule has 0 saturated heterocycles. The van der Waals surface area contributed by atoms with Crippen molar-refractivity contribution in [2.24, 2.45) is 5.92 Å². The monoisotopic (exact) mass is 168 g/mol. The minimum Gasteiger partial charge on any atom is -0.449 e. The van der Waals surface area contributed by atoms with E-state index in [0.29, 0.717) is 5.92 Å². The standard InChI is InChI=1S/C10H16O2/c1-5-6-10(7-8(2)3)12-9(4)11/h8,10H,7H2,1-4H3/t10-/m0/s1. The molecule has 0 amide bonds. The number of esters is 1. The van der Waals surface area contributed by atoms with Crippen LogP contribution in [-0.2, 0) is 9.53 Å². The molecule has 2 nitrogen and oxygen atoms in total. The molecule has 0 rings (SSSR count). The predicted octanol–water partition coefficient (Wildman–Crippen LogP) is 1.99. The van der Waals surface area contributed by atoms with Gasteiger partial charge in [0.1, 0.15) is 0 Å². The molecule has 0 aliphatic heterocycles. The molecule has 12 heavy (non-hydrogen) atoms. The van der Waals surface area contributed by atoms with Gasteiger partial charge in [0.15, 0.2) is 6.10 Å². The number of hydrogen-bond acceptors (Lipinski definition) is 2. The third kappa shape index (κ3) is 5.79. The van der Waals surface area contributed by atoms with E-state index in [1.165, 1.54) is 6.92 Å². The minimum atomic E-state index is -0.261. The van der Waals surface area contributed by atoms with E-state index in [1.807, 2.05) is 0 Å². The molecular weight excluding hydrogens is 152 g/mol. The molecule has 68 valence electrons. The summed E-state index contributed by atoms with van der Waals surface area (Å²) in [6.45, 7) is 7.31. The highest BCUT2D eigenvalue weighted by atomic mass is 16.5. The van der Waals surface area contributed by atoms with Crippen molar-refractivity contribution in [3.05, 3.63) is 0 Å². The van der Waals surface area contributed by atoms with Crippen LogP contribution in [0.15, 0.2) is 0 Å². The maximum atomic E-state index is 10.6. The van der Waals surface area contributed by atoms with Gasteiger partial charge < -0.3 is 4.74 Å². The number of carbonyl (C=O) groups is 1. The highest BCUT2D eigenvalue weighted by Gasteiger charge is 2.09. The zero-order valence-corrected chi connectivity index (χ0v) is 8.18. The van der Waals surface area contributed by atoms with Crippen LogP contribution in [0.3, 0.4) is 0 Å². The molecule has 0 aliphatic carbocycles. The lowest BCUT2D eigenvalue weighted by molar-refractivity contribution is -0.144. The van der Waals surface area contributed by atoms with Gasteiger partial charge in [-0.25, -0.2) is 0 Å². The molecule has 0 saturated carbocycles. The van der Waals surface area contributed by atoms with Crippen molar-refractivity contribution in [1.82, 2.24) is 0 Å². The van der Waals surface area contributed by atoms with Gasteiger partial charge in [-0.3, -0.25) is 4.79 Å². The maximum absolute atomic E-state index is 10.6. The summed E-state index contributed by atoms with van der Waals surface area (Å²) >= 11 is 0. The first-order chi connectivity index (χ1) is 5.56. The Morgan fingerprint density at radius 3 is 2.42 bits per heavy atom. The Labute approximate surface area is 74.3 Å². The first-order valence-corrected chi connectivity index (χ1v) is 4.15. The van der Waals surface area contributed by atoms with Crippen molar-refractivity contribution in [1.29, 1.82) is 0 Å². The first kappa shape index (κ1) is 11.0. The van der Waals surface area contributed by atoms with Crippen LogP contribution >= 0.6 is 0 Å². The fourth-order valence-corrected chi connectivity index (χ4v) is 0.926. The van der Waals surface area contributed by atoms with E-state index < -0.39 is 0 Å². The van der Waals surface area contributed by atoms with Crippen LogP contribution < -0.4 is 0 Å². The maximum Gasteiger partial charge on any atom is 0.303 e. The Morgan fingerprint density at radius 2 is 2.08 bits per heavy atom. The molecular formula is C10H16O2. The fourth-order valence-electron chi connectivity index (χ4n) is 0.926. The largest absolute Gasteiger partial charge is 0.449 e. The molecule has 2 heteroatoms. The average molecular weight is 168 g/mol. The highest BCUT2D eigenvalue weighted by Crippen LogP contribution is 2.07. The Hall–Kier alpha value is -0.970. The van der Waals surface area contributed by atoms with Crippen molar-refractivity contribution < 1.29 is 9.53 Å². The van der Waals surface area contributed by atoms with Crippen LogP contribution in [0.5, 0.6) is 0 Å². The van der Waals surface area contributed by atoms with Crippen molar-refractivity contribution in [2.45, 2.75) is 40.2 Å². The minimum absolute atomic E-state index is 0.229. The molecule has 0 aromatic heterocycles. The van der Waals surface area contributed by atoms with E-state index >= 15 is 0 Å². The lowest BCUT2D eigenvalue weighted by Gasteiger charge is -2.12. The summed E-state index contributed by atoms with van der Waals surface area (Å²) in [6, 6.07) is 0. The van der Waals surface area contributed by atoms with Crippen molar-refractivity contribution in [2.75, 3.05) is 0 Å². The van der Waals surface area contributed by atoms with Gasteiger partial charge in [0.05, 0.1) is 0 Å². The van der Waals surface area contributed by atoms with Crippen LogP contribution in [0.25, 0.3) is 0 Å². The van der Waals surface area contributed by atoms with E-state index in [-0.39, 0.29) is 12.1 Å². The van der Waals surface area contributed by atoms with Gasteiger partial charge in [-0.15, -0.1) is 5.92 Å². The number of rotatable bonds is 3. The number of ether oxygens (including phenoxy) is 1. The normalized spacial score (nSPS) is 11.8. The van der Waals surface area contributed by atoms with Gasteiger partial charge in [0.25, 0.3) is 0 Å². The molecule has 0 aromatic carbocycles. The van der Waals surface area contributed by atoms with E-state index in [1.54, 1.807) is 6.92 Å². The summed E-state index contributed by atoms with van der Waals surface area (Å²) in [5.74, 6) is 5.84. The summed E-state index contributed by atoms with van der Waals surface area (Å²) in [5.41, 5.74) is 0. The molecule has 0 heterocycles. The second-order valence-corrected chi connectivity index (χ2v) is 3.12. The number of carbonyl (C=O) groups excluding carboxylic acids is 1. The third-order valence-corrected chi connectivity index (χ3v) is 1.30. The highest BCUT2D eigenvalue weighted by molar-refractivity contribution is 5.66. The van der Waals surface area contributed by atoms with Gasteiger partial charge in [-0.2, -0.15) is 0 Å². The van der Waals surface area contributed by atoms with Crippen molar-refractivity contribution in [3.63, 3.8) is 0 Å². The summed E-state index contributed by atoms with van der Waals surface area (Å²) in [4.78, 5) is 10.6. The molecule has 0 fully saturated rings.